The molecule has 2 bridgehead atoms. The molecule has 2 aliphatic rings. The van der Waals surface area contributed by atoms with Gasteiger partial charge in [-0.05, 0) is 133 Å². The van der Waals surface area contributed by atoms with Gasteiger partial charge in [0.2, 0.25) is 0 Å². The Hall–Kier alpha value is -5.60. The highest BCUT2D eigenvalue weighted by Crippen LogP contribution is 2.53. The molecule has 3 atom stereocenters. The zero-order chi connectivity index (χ0) is 35.7. The molecule has 0 spiro atoms. The molecule has 1 aromatic heterocycles. The summed E-state index contributed by atoms with van der Waals surface area (Å²) in [6.07, 6.45) is 5.62. The van der Waals surface area contributed by atoms with Crippen molar-refractivity contribution in [3.63, 3.8) is 0 Å². The Labute approximate surface area is 313 Å². The largest absolute Gasteiger partial charge is 0.335 e. The zero-order valence-corrected chi connectivity index (χ0v) is 31.0. The van der Waals surface area contributed by atoms with E-state index in [1.165, 1.54) is 97.5 Å². The van der Waals surface area contributed by atoms with Crippen LogP contribution in [0.1, 0.15) is 57.9 Å². The molecule has 2 saturated carbocycles. The lowest BCUT2D eigenvalue weighted by atomic mass is 9.83. The summed E-state index contributed by atoms with van der Waals surface area (Å²) in [4.78, 5) is 2.48. The van der Waals surface area contributed by atoms with Gasteiger partial charge in [0.05, 0.1) is 11.2 Å². The van der Waals surface area contributed by atoms with Gasteiger partial charge in [0.25, 0.3) is 0 Å². The minimum absolute atomic E-state index is 0.0481. The quantitative estimate of drug-likeness (QED) is 0.169. The summed E-state index contributed by atoms with van der Waals surface area (Å²) in [7, 11) is 0. The number of nitrogens with zero attached hydrogens (tertiary/aromatic N) is 2. The normalized spacial score (nSPS) is 18.4. The van der Waals surface area contributed by atoms with Crippen molar-refractivity contribution in [2.45, 2.75) is 57.9 Å². The first-order chi connectivity index (χ1) is 25.9. The van der Waals surface area contributed by atoms with Crippen LogP contribution in [-0.4, -0.2) is 4.57 Å². The fraction of sp³-hybridized carbons (Fsp3) is 0.216. The van der Waals surface area contributed by atoms with E-state index in [0.29, 0.717) is 5.92 Å². The highest BCUT2D eigenvalue weighted by atomic mass is 15.1. The van der Waals surface area contributed by atoms with Crippen LogP contribution in [0.3, 0.4) is 0 Å². The summed E-state index contributed by atoms with van der Waals surface area (Å²) in [6.45, 7) is 6.90. The topological polar surface area (TPSA) is 8.17 Å². The smallest absolute Gasteiger partial charge is 0.0546 e. The molecular formula is C51H46N2. The summed E-state index contributed by atoms with van der Waals surface area (Å²) in [5.41, 5.74) is 12.5. The van der Waals surface area contributed by atoms with Crippen molar-refractivity contribution >= 4 is 49.6 Å². The molecule has 53 heavy (non-hydrogen) atoms. The third-order valence-electron chi connectivity index (χ3n) is 12.3. The van der Waals surface area contributed by atoms with E-state index in [9.17, 15) is 0 Å². The van der Waals surface area contributed by atoms with Gasteiger partial charge in [0.1, 0.15) is 0 Å². The van der Waals surface area contributed by atoms with E-state index in [1.54, 1.807) is 0 Å². The van der Waals surface area contributed by atoms with E-state index in [-0.39, 0.29) is 5.54 Å². The van der Waals surface area contributed by atoms with Crippen molar-refractivity contribution in [1.29, 1.82) is 0 Å². The van der Waals surface area contributed by atoms with E-state index in [4.69, 9.17) is 0 Å². The van der Waals surface area contributed by atoms with Crippen molar-refractivity contribution in [3.8, 4) is 22.3 Å². The molecule has 0 amide bonds. The van der Waals surface area contributed by atoms with Crippen molar-refractivity contribution in [3.05, 3.63) is 163 Å². The molecule has 2 nitrogen and oxygen atoms in total. The van der Waals surface area contributed by atoms with Gasteiger partial charge in [-0.1, -0.05) is 122 Å². The van der Waals surface area contributed by atoms with Gasteiger partial charge in [-0.15, -0.1) is 0 Å². The summed E-state index contributed by atoms with van der Waals surface area (Å²) in [5, 5.41) is 5.13. The van der Waals surface area contributed by atoms with Crippen molar-refractivity contribution in [1.82, 2.24) is 4.57 Å². The first kappa shape index (κ1) is 32.1. The number of hydrogen-bond acceptors (Lipinski definition) is 1. The highest BCUT2D eigenvalue weighted by molar-refractivity contribution is 6.09. The number of para-hydroxylation sites is 1. The fourth-order valence-corrected chi connectivity index (χ4v) is 9.98. The second kappa shape index (κ2) is 12.5. The molecule has 10 rings (SSSR count). The average molecular weight is 687 g/mol. The number of anilines is 3. The van der Waals surface area contributed by atoms with Crippen LogP contribution in [-0.2, 0) is 5.54 Å². The molecule has 260 valence electrons. The van der Waals surface area contributed by atoms with Crippen LogP contribution >= 0.6 is 0 Å². The van der Waals surface area contributed by atoms with Crippen LogP contribution in [0.4, 0.5) is 17.1 Å². The minimum Gasteiger partial charge on any atom is -0.335 e. The van der Waals surface area contributed by atoms with Crippen LogP contribution in [0.25, 0.3) is 54.8 Å². The molecular weight excluding hydrogens is 641 g/mol. The van der Waals surface area contributed by atoms with Crippen molar-refractivity contribution in [2.75, 3.05) is 4.90 Å². The number of hydrogen-bond donors (Lipinski definition) is 0. The van der Waals surface area contributed by atoms with Gasteiger partial charge in [-0.2, -0.15) is 0 Å². The molecule has 7 aromatic carbocycles. The maximum absolute atomic E-state index is 2.50. The van der Waals surface area contributed by atoms with E-state index >= 15 is 0 Å². The predicted molar refractivity (Wildman–Crippen MR) is 226 cm³/mol. The Kier molecular flexibility index (Phi) is 7.58. The van der Waals surface area contributed by atoms with Gasteiger partial charge in [0, 0.05) is 38.8 Å². The first-order valence-corrected chi connectivity index (χ1v) is 19.5. The maximum Gasteiger partial charge on any atom is 0.0546 e. The average Bonchev–Trinajstić information content (AvgIpc) is 3.92. The number of benzene rings is 7. The van der Waals surface area contributed by atoms with Crippen molar-refractivity contribution < 1.29 is 0 Å². The fourth-order valence-electron chi connectivity index (χ4n) is 9.98. The van der Waals surface area contributed by atoms with E-state index in [2.05, 4.69) is 188 Å². The summed E-state index contributed by atoms with van der Waals surface area (Å²) >= 11 is 0. The van der Waals surface area contributed by atoms with Gasteiger partial charge >= 0.3 is 0 Å². The van der Waals surface area contributed by atoms with Gasteiger partial charge in [0.15, 0.2) is 0 Å². The molecule has 0 N–H and O–H groups in total. The van der Waals surface area contributed by atoms with Gasteiger partial charge in [-0.3, -0.25) is 0 Å². The molecule has 2 heteroatoms. The van der Waals surface area contributed by atoms with E-state index in [1.807, 2.05) is 0 Å². The predicted octanol–water partition coefficient (Wildman–Crippen LogP) is 14.4. The summed E-state index contributed by atoms with van der Waals surface area (Å²) in [6, 6.07) is 59.0. The lowest BCUT2D eigenvalue weighted by Gasteiger charge is -2.30. The van der Waals surface area contributed by atoms with Crippen LogP contribution in [0.2, 0.25) is 0 Å². The maximum atomic E-state index is 2.50. The van der Waals surface area contributed by atoms with Crippen LogP contribution in [0.5, 0.6) is 0 Å². The Morgan fingerprint density at radius 3 is 1.91 bits per heavy atom. The molecule has 2 fully saturated rings. The molecule has 0 saturated heterocycles. The van der Waals surface area contributed by atoms with Gasteiger partial charge in [-0.25, -0.2) is 0 Å². The molecule has 0 radical (unpaired) electrons. The standard InChI is InChI=1S/C51H46N2/c1-51(2,3)53-47-16-10-9-15-44(47)45-29-23-39(33-49(45)53)35-19-25-41(26-20-35)52(42-27-21-37(22-28-42)46-32-34-17-18-40(46)31-34)48-30-24-36-11-7-8-14-43(36)50(48)38-12-5-4-6-13-38/h4-16,19-30,33-34,40,46H,17-18,31-32H2,1-3H3. The lowest BCUT2D eigenvalue weighted by molar-refractivity contribution is 0.420. The van der Waals surface area contributed by atoms with Gasteiger partial charge < -0.3 is 9.47 Å². The monoisotopic (exact) mass is 686 g/mol. The Morgan fingerprint density at radius 2 is 1.19 bits per heavy atom. The first-order valence-electron chi connectivity index (χ1n) is 19.5. The Balaban J connectivity index is 1.11. The van der Waals surface area contributed by atoms with E-state index < -0.39 is 0 Å². The molecule has 2 aliphatic carbocycles. The molecule has 8 aromatic rings. The van der Waals surface area contributed by atoms with Crippen LogP contribution in [0, 0.1) is 11.8 Å². The second-order valence-corrected chi connectivity index (χ2v) is 16.6. The zero-order valence-electron chi connectivity index (χ0n) is 31.0. The summed E-state index contributed by atoms with van der Waals surface area (Å²) < 4.78 is 2.50. The van der Waals surface area contributed by atoms with Crippen LogP contribution < -0.4 is 4.90 Å². The number of fused-ring (bicyclic) bond motifs is 6. The SMILES string of the molecule is CC(C)(C)n1c2ccccc2c2ccc(-c3ccc(N(c4ccc(C5CC6CCC5C6)cc4)c4ccc5ccccc5c4-c4ccccc4)cc3)cc21. The Morgan fingerprint density at radius 1 is 0.528 bits per heavy atom. The van der Waals surface area contributed by atoms with E-state index in [0.717, 1.165) is 17.5 Å². The number of rotatable bonds is 6. The Bertz CT molecular complexity index is 2600. The minimum atomic E-state index is -0.0481. The second-order valence-electron chi connectivity index (χ2n) is 16.6. The third-order valence-corrected chi connectivity index (χ3v) is 12.3. The lowest BCUT2D eigenvalue weighted by Crippen LogP contribution is -2.21. The van der Waals surface area contributed by atoms with Crippen LogP contribution in [0.15, 0.2) is 158 Å². The molecule has 3 unspecified atom stereocenters. The van der Waals surface area contributed by atoms with Crippen molar-refractivity contribution in [2.24, 2.45) is 11.8 Å². The molecule has 1 heterocycles. The highest BCUT2D eigenvalue weighted by Gasteiger charge is 2.40. The summed E-state index contributed by atoms with van der Waals surface area (Å²) in [5.74, 6) is 2.51. The number of aromatic nitrogens is 1. The molecule has 0 aliphatic heterocycles. The third kappa shape index (κ3) is 5.46.